The zero-order chi connectivity index (χ0) is 7.40. The van der Waals surface area contributed by atoms with E-state index in [1.165, 1.54) is 12.8 Å². The van der Waals surface area contributed by atoms with Crippen LogP contribution in [0.15, 0.2) is 0 Å². The van der Waals surface area contributed by atoms with Gasteiger partial charge in [-0.2, -0.15) is 11.8 Å². The molecule has 0 aliphatic carbocycles. The maximum absolute atomic E-state index is 8.80. The number of thioether (sulfide) groups is 1. The van der Waals surface area contributed by atoms with Gasteiger partial charge in [-0.15, -0.1) is 0 Å². The maximum atomic E-state index is 8.80. The van der Waals surface area contributed by atoms with Gasteiger partial charge in [0.1, 0.15) is 0 Å². The fourth-order valence-corrected chi connectivity index (χ4v) is 2.76. The average molecular weight is 161 g/mol. The van der Waals surface area contributed by atoms with Gasteiger partial charge in [0.15, 0.2) is 0 Å². The van der Waals surface area contributed by atoms with E-state index in [0.717, 1.165) is 18.2 Å². The minimum Gasteiger partial charge on any atom is -0.395 e. The van der Waals surface area contributed by atoms with Crippen LogP contribution in [0.2, 0.25) is 0 Å². The molecule has 0 radical (unpaired) electrons. The SMILES string of the molecule is NCCC1CC[C@@H](CO)S1. The van der Waals surface area contributed by atoms with E-state index < -0.39 is 0 Å². The van der Waals surface area contributed by atoms with Gasteiger partial charge in [0.2, 0.25) is 0 Å². The largest absolute Gasteiger partial charge is 0.395 e. The minimum atomic E-state index is 0.339. The molecule has 1 aliphatic rings. The number of aliphatic hydroxyl groups excluding tert-OH is 1. The lowest BCUT2D eigenvalue weighted by Crippen LogP contribution is -2.08. The molecule has 1 aliphatic heterocycles. The van der Waals surface area contributed by atoms with Crippen molar-refractivity contribution in [3.05, 3.63) is 0 Å². The van der Waals surface area contributed by atoms with E-state index >= 15 is 0 Å². The Balaban J connectivity index is 2.15. The molecule has 0 aromatic carbocycles. The van der Waals surface area contributed by atoms with Crippen LogP contribution in [0.5, 0.6) is 0 Å². The molecule has 2 nitrogen and oxygen atoms in total. The Labute approximate surface area is 66.2 Å². The molecule has 0 saturated carbocycles. The molecule has 1 unspecified atom stereocenters. The summed E-state index contributed by atoms with van der Waals surface area (Å²) in [6.07, 6.45) is 3.53. The zero-order valence-corrected chi connectivity index (χ0v) is 6.94. The third kappa shape index (κ3) is 2.15. The Morgan fingerprint density at radius 1 is 1.40 bits per heavy atom. The van der Waals surface area contributed by atoms with Crippen molar-refractivity contribution < 1.29 is 5.11 Å². The molecule has 1 fully saturated rings. The van der Waals surface area contributed by atoms with Gasteiger partial charge in [-0.1, -0.05) is 0 Å². The summed E-state index contributed by atoms with van der Waals surface area (Å²) >= 11 is 1.91. The smallest absolute Gasteiger partial charge is 0.0550 e. The van der Waals surface area contributed by atoms with Crippen molar-refractivity contribution >= 4 is 11.8 Å². The fourth-order valence-electron chi connectivity index (χ4n) is 1.31. The molecule has 0 spiro atoms. The molecule has 0 amide bonds. The molecule has 1 rings (SSSR count). The Hall–Kier alpha value is 0.270. The molecule has 0 aromatic rings. The first-order valence-electron chi connectivity index (χ1n) is 3.83. The van der Waals surface area contributed by atoms with Gasteiger partial charge in [0, 0.05) is 10.5 Å². The van der Waals surface area contributed by atoms with Gasteiger partial charge in [-0.25, -0.2) is 0 Å². The Bertz CT molecular complexity index is 99.6. The summed E-state index contributed by atoms with van der Waals surface area (Å²) in [4.78, 5) is 0. The summed E-state index contributed by atoms with van der Waals surface area (Å²) in [5.74, 6) is 0. The molecular formula is C7H15NOS. The van der Waals surface area contributed by atoms with Gasteiger partial charge in [0.25, 0.3) is 0 Å². The van der Waals surface area contributed by atoms with Crippen LogP contribution < -0.4 is 5.73 Å². The van der Waals surface area contributed by atoms with Gasteiger partial charge >= 0.3 is 0 Å². The second kappa shape index (κ2) is 4.21. The van der Waals surface area contributed by atoms with Crippen molar-refractivity contribution in [1.29, 1.82) is 0 Å². The average Bonchev–Trinajstić information content (AvgIpc) is 2.37. The summed E-state index contributed by atoms with van der Waals surface area (Å²) in [6, 6.07) is 0. The van der Waals surface area contributed by atoms with E-state index in [-0.39, 0.29) is 0 Å². The molecule has 60 valence electrons. The van der Waals surface area contributed by atoms with E-state index in [9.17, 15) is 0 Å². The molecule has 0 aromatic heterocycles. The third-order valence-electron chi connectivity index (χ3n) is 1.89. The number of hydrogen-bond donors (Lipinski definition) is 2. The normalized spacial score (nSPS) is 33.0. The predicted molar refractivity (Wildman–Crippen MR) is 45.2 cm³/mol. The zero-order valence-electron chi connectivity index (χ0n) is 6.12. The summed E-state index contributed by atoms with van der Waals surface area (Å²) < 4.78 is 0. The molecule has 3 N–H and O–H groups in total. The summed E-state index contributed by atoms with van der Waals surface area (Å²) in [5.41, 5.74) is 5.42. The summed E-state index contributed by atoms with van der Waals surface area (Å²) in [6.45, 7) is 1.13. The van der Waals surface area contributed by atoms with E-state index in [4.69, 9.17) is 10.8 Å². The first kappa shape index (κ1) is 8.37. The highest BCUT2D eigenvalue weighted by molar-refractivity contribution is 8.00. The van der Waals surface area contributed by atoms with Crippen molar-refractivity contribution in [3.63, 3.8) is 0 Å². The molecule has 3 heteroatoms. The lowest BCUT2D eigenvalue weighted by Gasteiger charge is -2.06. The van der Waals surface area contributed by atoms with Crippen LogP contribution in [0, 0.1) is 0 Å². The monoisotopic (exact) mass is 161 g/mol. The van der Waals surface area contributed by atoms with Crippen LogP contribution >= 0.6 is 11.8 Å². The maximum Gasteiger partial charge on any atom is 0.0550 e. The summed E-state index contributed by atoms with van der Waals surface area (Å²) in [5, 5.41) is 10.0. The first-order chi connectivity index (χ1) is 4.86. The molecule has 0 bridgehead atoms. The number of rotatable bonds is 3. The third-order valence-corrected chi connectivity index (χ3v) is 3.51. The second-order valence-electron chi connectivity index (χ2n) is 2.72. The fraction of sp³-hybridized carbons (Fsp3) is 1.00. The highest BCUT2D eigenvalue weighted by Gasteiger charge is 2.23. The molecule has 10 heavy (non-hydrogen) atoms. The number of aliphatic hydroxyl groups is 1. The Morgan fingerprint density at radius 2 is 2.10 bits per heavy atom. The molecule has 1 heterocycles. The predicted octanol–water partition coefficient (Wildman–Crippen LogP) is 0.592. The van der Waals surface area contributed by atoms with Gasteiger partial charge < -0.3 is 10.8 Å². The van der Waals surface area contributed by atoms with Gasteiger partial charge in [-0.3, -0.25) is 0 Å². The van der Waals surface area contributed by atoms with Crippen molar-refractivity contribution in [2.75, 3.05) is 13.2 Å². The van der Waals surface area contributed by atoms with E-state index in [1.807, 2.05) is 11.8 Å². The van der Waals surface area contributed by atoms with Crippen molar-refractivity contribution in [1.82, 2.24) is 0 Å². The van der Waals surface area contributed by atoms with Crippen LogP contribution in [0.25, 0.3) is 0 Å². The topological polar surface area (TPSA) is 46.2 Å². The van der Waals surface area contributed by atoms with Crippen molar-refractivity contribution in [2.24, 2.45) is 5.73 Å². The summed E-state index contributed by atoms with van der Waals surface area (Å²) in [7, 11) is 0. The molecule has 1 saturated heterocycles. The molecular weight excluding hydrogens is 146 g/mol. The van der Waals surface area contributed by atoms with Crippen LogP contribution in [0.4, 0.5) is 0 Å². The Morgan fingerprint density at radius 3 is 2.60 bits per heavy atom. The van der Waals surface area contributed by atoms with Crippen molar-refractivity contribution in [3.8, 4) is 0 Å². The highest BCUT2D eigenvalue weighted by Crippen LogP contribution is 2.34. The quantitative estimate of drug-likeness (QED) is 0.637. The second-order valence-corrected chi connectivity index (χ2v) is 4.32. The standard InChI is InChI=1S/C7H15NOS/c8-4-3-6-1-2-7(5-9)10-6/h6-7,9H,1-5,8H2/t6?,7-/m0/s1. The van der Waals surface area contributed by atoms with Crippen molar-refractivity contribution in [2.45, 2.75) is 29.8 Å². The van der Waals surface area contributed by atoms with Crippen LogP contribution in [0.1, 0.15) is 19.3 Å². The number of nitrogens with two attached hydrogens (primary N) is 1. The molecule has 2 atom stereocenters. The van der Waals surface area contributed by atoms with E-state index in [1.54, 1.807) is 0 Å². The van der Waals surface area contributed by atoms with E-state index in [2.05, 4.69) is 0 Å². The van der Waals surface area contributed by atoms with E-state index in [0.29, 0.717) is 11.9 Å². The minimum absolute atomic E-state index is 0.339. The van der Waals surface area contributed by atoms with Gasteiger partial charge in [0.05, 0.1) is 6.61 Å². The van der Waals surface area contributed by atoms with Crippen LogP contribution in [-0.2, 0) is 0 Å². The first-order valence-corrected chi connectivity index (χ1v) is 4.77. The lowest BCUT2D eigenvalue weighted by molar-refractivity contribution is 0.292. The Kier molecular flexibility index (Phi) is 3.52. The van der Waals surface area contributed by atoms with Crippen LogP contribution in [-0.4, -0.2) is 28.8 Å². The lowest BCUT2D eigenvalue weighted by atomic mass is 10.1. The number of hydrogen-bond acceptors (Lipinski definition) is 3. The van der Waals surface area contributed by atoms with Gasteiger partial charge in [-0.05, 0) is 25.8 Å². The highest BCUT2D eigenvalue weighted by atomic mass is 32.2. The van der Waals surface area contributed by atoms with Crippen LogP contribution in [0.3, 0.4) is 0 Å².